The molecule has 1 saturated carbocycles. The number of fused-ring (bicyclic) bond motifs is 1. The van der Waals surface area contributed by atoms with Crippen molar-refractivity contribution in [2.24, 2.45) is 5.92 Å². The van der Waals surface area contributed by atoms with Gasteiger partial charge in [-0.15, -0.1) is 0 Å². The van der Waals surface area contributed by atoms with Crippen LogP contribution in [0, 0.1) is 5.92 Å². The van der Waals surface area contributed by atoms with Gasteiger partial charge in [0.25, 0.3) is 11.5 Å². The van der Waals surface area contributed by atoms with Gasteiger partial charge in [0.1, 0.15) is 17.1 Å². The van der Waals surface area contributed by atoms with E-state index >= 15 is 0 Å². The highest BCUT2D eigenvalue weighted by Gasteiger charge is 2.68. The van der Waals surface area contributed by atoms with Crippen molar-refractivity contribution in [3.63, 3.8) is 0 Å². The number of amides is 2. The number of aromatic nitrogens is 2. The Balaban J connectivity index is 1.76. The van der Waals surface area contributed by atoms with E-state index in [4.69, 9.17) is 4.74 Å². The van der Waals surface area contributed by atoms with Crippen molar-refractivity contribution in [1.82, 2.24) is 14.9 Å². The van der Waals surface area contributed by atoms with Gasteiger partial charge in [-0.25, -0.2) is 9.36 Å². The van der Waals surface area contributed by atoms with E-state index in [0.29, 0.717) is 12.2 Å². The number of carbonyl (C=O) groups is 2. The molecule has 0 bridgehead atoms. The van der Waals surface area contributed by atoms with Crippen LogP contribution in [0.5, 0.6) is 5.75 Å². The monoisotopic (exact) mass is 494 g/mol. The molecule has 1 aromatic carbocycles. The molecule has 9 nitrogen and oxygen atoms in total. The van der Waals surface area contributed by atoms with E-state index in [1.807, 2.05) is 10.3 Å². The molecule has 2 aromatic rings. The molecule has 2 heterocycles. The van der Waals surface area contributed by atoms with Gasteiger partial charge in [-0.1, -0.05) is 32.1 Å². The predicted octanol–water partition coefficient (Wildman–Crippen LogP) is 2.72. The van der Waals surface area contributed by atoms with Crippen LogP contribution in [0.1, 0.15) is 50.5 Å². The molecule has 12 heteroatoms. The average Bonchev–Trinajstić information content (AvgIpc) is 3.11. The lowest BCUT2D eigenvalue weighted by molar-refractivity contribution is -0.200. The molecule has 1 atom stereocenters. The summed E-state index contributed by atoms with van der Waals surface area (Å²) < 4.78 is 49.2. The maximum atomic E-state index is 14.5. The van der Waals surface area contributed by atoms with Crippen LogP contribution < -0.4 is 26.6 Å². The van der Waals surface area contributed by atoms with Crippen molar-refractivity contribution >= 4 is 17.6 Å². The number of methoxy groups -OCH3 is 1. The highest BCUT2D eigenvalue weighted by Crippen LogP contribution is 2.45. The van der Waals surface area contributed by atoms with Gasteiger partial charge in [0.2, 0.25) is 11.4 Å². The Labute approximate surface area is 197 Å². The number of nitrogens with zero attached hydrogens (tertiary/aromatic N) is 1. The van der Waals surface area contributed by atoms with Gasteiger partial charge in [-0.2, -0.15) is 13.2 Å². The zero-order valence-electron chi connectivity index (χ0n) is 19.0. The molecule has 2 aliphatic rings. The number of carbonyl (C=O) groups excluding carboxylic acids is 2. The summed E-state index contributed by atoms with van der Waals surface area (Å²) in [6, 6.07) is 5.67. The number of aromatic amines is 1. The zero-order valence-corrected chi connectivity index (χ0v) is 19.0. The van der Waals surface area contributed by atoms with E-state index in [1.165, 1.54) is 31.4 Å². The number of H-pyrrole nitrogens is 1. The minimum absolute atomic E-state index is 0.0743. The highest BCUT2D eigenvalue weighted by atomic mass is 19.4. The SMILES string of the molecule is COc1ccc(-n2c3c(c(=O)[nH]c2=O)C(NC(=O)CCC2CCCCC2)(C(F)(F)F)C(=O)N3)cc1. The second-order valence-electron chi connectivity index (χ2n) is 8.81. The lowest BCUT2D eigenvalue weighted by atomic mass is 9.85. The molecule has 0 radical (unpaired) electrons. The molecule has 1 unspecified atom stereocenters. The molecule has 1 fully saturated rings. The topological polar surface area (TPSA) is 122 Å². The van der Waals surface area contributed by atoms with Crippen LogP contribution in [0.2, 0.25) is 0 Å². The van der Waals surface area contributed by atoms with Gasteiger partial charge in [-0.05, 0) is 36.6 Å². The van der Waals surface area contributed by atoms with E-state index in [2.05, 4.69) is 0 Å². The number of benzene rings is 1. The minimum Gasteiger partial charge on any atom is -0.497 e. The molecule has 1 aliphatic carbocycles. The molecular formula is C23H25F3N4O5. The molecule has 3 N–H and O–H groups in total. The fourth-order valence-electron chi connectivity index (χ4n) is 4.84. The van der Waals surface area contributed by atoms with Crippen molar-refractivity contribution in [2.75, 3.05) is 12.4 Å². The fourth-order valence-corrected chi connectivity index (χ4v) is 4.84. The Bertz CT molecular complexity index is 1250. The van der Waals surface area contributed by atoms with E-state index in [0.717, 1.165) is 36.7 Å². The molecule has 188 valence electrons. The molecule has 35 heavy (non-hydrogen) atoms. The number of hydrogen-bond donors (Lipinski definition) is 3. The van der Waals surface area contributed by atoms with Gasteiger partial charge >= 0.3 is 11.9 Å². The first-order valence-corrected chi connectivity index (χ1v) is 11.3. The maximum absolute atomic E-state index is 14.5. The summed E-state index contributed by atoms with van der Waals surface area (Å²) in [5.74, 6) is -2.67. The summed E-state index contributed by atoms with van der Waals surface area (Å²) in [6.07, 6.45) is -0.298. The summed E-state index contributed by atoms with van der Waals surface area (Å²) in [6.45, 7) is 0. The number of rotatable bonds is 6. The minimum atomic E-state index is -5.36. The average molecular weight is 494 g/mol. The molecule has 1 aliphatic heterocycles. The van der Waals surface area contributed by atoms with E-state index in [-0.39, 0.29) is 18.0 Å². The molecule has 2 amide bonds. The van der Waals surface area contributed by atoms with E-state index in [9.17, 15) is 32.3 Å². The Kier molecular flexibility index (Phi) is 6.48. The van der Waals surface area contributed by atoms with Gasteiger partial charge in [-0.3, -0.25) is 19.4 Å². The quantitative estimate of drug-likeness (QED) is 0.570. The standard InChI is InChI=1S/C23H25F3N4O5/c1-35-15-10-8-14(9-11-15)30-18-17(19(32)28-21(30)34)22(20(33)27-18,23(24,25)26)29-16(31)12-7-13-5-3-2-4-6-13/h8-11,13H,2-7,12H2,1H3,(H,27,33)(H,29,31)(H,28,32,34). The first-order valence-electron chi connectivity index (χ1n) is 11.3. The second-order valence-corrected chi connectivity index (χ2v) is 8.81. The van der Waals surface area contributed by atoms with Crippen LogP contribution in [0.15, 0.2) is 33.9 Å². The number of ether oxygens (including phenoxy) is 1. The van der Waals surface area contributed by atoms with Crippen LogP contribution in [-0.4, -0.2) is 34.7 Å². The second kappa shape index (κ2) is 9.23. The highest BCUT2D eigenvalue weighted by molar-refractivity contribution is 6.07. The summed E-state index contributed by atoms with van der Waals surface area (Å²) in [5, 5.41) is 3.82. The summed E-state index contributed by atoms with van der Waals surface area (Å²) in [4.78, 5) is 52.6. The Hall–Kier alpha value is -3.57. The molecule has 0 saturated heterocycles. The van der Waals surface area contributed by atoms with Crippen molar-refractivity contribution in [1.29, 1.82) is 0 Å². The van der Waals surface area contributed by atoms with Crippen molar-refractivity contribution in [3.05, 3.63) is 50.7 Å². The molecular weight excluding hydrogens is 469 g/mol. The summed E-state index contributed by atoms with van der Waals surface area (Å²) in [5.41, 5.74) is -7.12. The zero-order chi connectivity index (χ0) is 25.4. The first-order chi connectivity index (χ1) is 16.6. The lowest BCUT2D eigenvalue weighted by Gasteiger charge is -2.30. The number of hydrogen-bond acceptors (Lipinski definition) is 5. The fraction of sp³-hybridized carbons (Fsp3) is 0.478. The number of nitrogens with one attached hydrogen (secondary N) is 3. The Morgan fingerprint density at radius 3 is 2.40 bits per heavy atom. The largest absolute Gasteiger partial charge is 0.497 e. The van der Waals surface area contributed by atoms with Gasteiger partial charge in [0.05, 0.1) is 12.8 Å². The maximum Gasteiger partial charge on any atom is 0.425 e. The van der Waals surface area contributed by atoms with Crippen LogP contribution in [0.3, 0.4) is 0 Å². The third-order valence-electron chi connectivity index (χ3n) is 6.65. The van der Waals surface area contributed by atoms with Gasteiger partial charge < -0.3 is 15.4 Å². The molecule has 0 spiro atoms. The van der Waals surface area contributed by atoms with E-state index < -0.39 is 46.2 Å². The third-order valence-corrected chi connectivity index (χ3v) is 6.65. The molecule has 4 rings (SSSR count). The van der Waals surface area contributed by atoms with Crippen LogP contribution >= 0.6 is 0 Å². The number of anilines is 1. The third kappa shape index (κ3) is 4.32. The van der Waals surface area contributed by atoms with Crippen molar-refractivity contribution < 1.29 is 27.5 Å². The molecule has 1 aromatic heterocycles. The Morgan fingerprint density at radius 1 is 1.14 bits per heavy atom. The Morgan fingerprint density at radius 2 is 1.80 bits per heavy atom. The smallest absolute Gasteiger partial charge is 0.425 e. The predicted molar refractivity (Wildman–Crippen MR) is 120 cm³/mol. The summed E-state index contributed by atoms with van der Waals surface area (Å²) >= 11 is 0. The van der Waals surface area contributed by atoms with Gasteiger partial charge in [0, 0.05) is 6.42 Å². The van der Waals surface area contributed by atoms with Crippen molar-refractivity contribution in [3.8, 4) is 11.4 Å². The van der Waals surface area contributed by atoms with Crippen LogP contribution in [0.4, 0.5) is 19.0 Å². The summed E-state index contributed by atoms with van der Waals surface area (Å²) in [7, 11) is 1.41. The van der Waals surface area contributed by atoms with Crippen LogP contribution in [0.25, 0.3) is 5.69 Å². The number of alkyl halides is 3. The van der Waals surface area contributed by atoms with E-state index in [1.54, 1.807) is 5.32 Å². The number of halogens is 3. The lowest BCUT2D eigenvalue weighted by Crippen LogP contribution is -2.62. The normalized spacial score (nSPS) is 20.3. The van der Waals surface area contributed by atoms with Crippen LogP contribution in [-0.2, 0) is 15.1 Å². The van der Waals surface area contributed by atoms with Gasteiger partial charge in [0.15, 0.2) is 0 Å². The first kappa shape index (κ1) is 24.6. The van der Waals surface area contributed by atoms with Crippen molar-refractivity contribution in [2.45, 2.75) is 56.7 Å².